The lowest BCUT2D eigenvalue weighted by molar-refractivity contribution is -0.277. The van der Waals surface area contributed by atoms with Crippen molar-refractivity contribution in [1.82, 2.24) is 5.32 Å². The maximum absolute atomic E-state index is 12.9. The number of carbonyl (C=O) groups excluding carboxylic acids is 1. The summed E-state index contributed by atoms with van der Waals surface area (Å²) < 4.78 is 43.9. The zero-order valence-corrected chi connectivity index (χ0v) is 12.3. The fourth-order valence-corrected chi connectivity index (χ4v) is 3.75. The number of benzene rings is 1. The molecule has 4 nitrogen and oxygen atoms in total. The van der Waals surface area contributed by atoms with Gasteiger partial charge in [-0.2, -0.15) is 13.2 Å². The van der Waals surface area contributed by atoms with Crippen molar-refractivity contribution in [2.75, 3.05) is 0 Å². The van der Waals surface area contributed by atoms with Crippen LogP contribution in [0.2, 0.25) is 0 Å². The minimum atomic E-state index is -4.62. The van der Waals surface area contributed by atoms with Gasteiger partial charge in [0, 0.05) is 6.04 Å². The van der Waals surface area contributed by atoms with Crippen molar-refractivity contribution >= 4 is 6.09 Å². The topological polar surface area (TPSA) is 58.6 Å². The number of amides is 1. The predicted octanol–water partition coefficient (Wildman–Crippen LogP) is 3.00. The average molecular weight is 329 g/mol. The minimum absolute atomic E-state index is 0.111. The van der Waals surface area contributed by atoms with Gasteiger partial charge in [0.05, 0.1) is 0 Å². The van der Waals surface area contributed by atoms with E-state index in [1.54, 1.807) is 0 Å². The molecule has 0 radical (unpaired) electrons. The maximum Gasteiger partial charge on any atom is 0.417 e. The highest BCUT2D eigenvalue weighted by atomic mass is 19.4. The van der Waals surface area contributed by atoms with Gasteiger partial charge in [-0.1, -0.05) is 30.3 Å². The summed E-state index contributed by atoms with van der Waals surface area (Å²) in [5.74, 6) is -1.22. The summed E-state index contributed by atoms with van der Waals surface area (Å²) in [6.07, 6.45) is -5.21. The van der Waals surface area contributed by atoms with Crippen LogP contribution in [0.3, 0.4) is 0 Å². The first-order valence-electron chi connectivity index (χ1n) is 7.56. The van der Waals surface area contributed by atoms with E-state index in [1.807, 2.05) is 30.3 Å². The highest BCUT2D eigenvalue weighted by molar-refractivity contribution is 5.67. The second-order valence-electron chi connectivity index (χ2n) is 6.37. The zero-order chi connectivity index (χ0) is 16.7. The molecular formula is C16H18F3NO3. The van der Waals surface area contributed by atoms with Crippen LogP contribution in [0.15, 0.2) is 30.3 Å². The Morgan fingerprint density at radius 2 is 2.00 bits per heavy atom. The van der Waals surface area contributed by atoms with Crippen molar-refractivity contribution in [2.45, 2.75) is 43.7 Å². The van der Waals surface area contributed by atoms with Crippen LogP contribution in [0.25, 0.3) is 0 Å². The van der Waals surface area contributed by atoms with Crippen LogP contribution in [0.4, 0.5) is 18.0 Å². The molecule has 23 heavy (non-hydrogen) atoms. The Morgan fingerprint density at radius 3 is 2.57 bits per heavy atom. The van der Waals surface area contributed by atoms with Crippen molar-refractivity contribution in [2.24, 2.45) is 11.8 Å². The summed E-state index contributed by atoms with van der Waals surface area (Å²) in [6, 6.07) is 8.75. The lowest BCUT2D eigenvalue weighted by Crippen LogP contribution is -2.53. The molecule has 4 unspecified atom stereocenters. The number of carbonyl (C=O) groups is 1. The van der Waals surface area contributed by atoms with Gasteiger partial charge >= 0.3 is 12.3 Å². The quantitative estimate of drug-likeness (QED) is 0.896. The average Bonchev–Trinajstić information content (AvgIpc) is 3.03. The molecular weight excluding hydrogens is 311 g/mol. The van der Waals surface area contributed by atoms with Gasteiger partial charge in [0.15, 0.2) is 5.60 Å². The lowest BCUT2D eigenvalue weighted by atomic mass is 9.81. The first-order valence-corrected chi connectivity index (χ1v) is 7.56. The van der Waals surface area contributed by atoms with Crippen LogP contribution >= 0.6 is 0 Å². The molecule has 2 N–H and O–H groups in total. The van der Waals surface area contributed by atoms with E-state index in [-0.39, 0.29) is 37.8 Å². The van der Waals surface area contributed by atoms with Crippen molar-refractivity contribution < 1.29 is 27.8 Å². The van der Waals surface area contributed by atoms with Crippen molar-refractivity contribution in [3.05, 3.63) is 35.9 Å². The second-order valence-corrected chi connectivity index (χ2v) is 6.37. The molecule has 2 saturated carbocycles. The Morgan fingerprint density at radius 1 is 1.30 bits per heavy atom. The molecule has 4 atom stereocenters. The molecule has 7 heteroatoms. The Hall–Kier alpha value is -1.76. The number of hydrogen-bond donors (Lipinski definition) is 2. The van der Waals surface area contributed by atoms with E-state index in [4.69, 9.17) is 4.74 Å². The summed E-state index contributed by atoms with van der Waals surface area (Å²) in [6.45, 7) is 0.111. The van der Waals surface area contributed by atoms with Crippen molar-refractivity contribution in [3.63, 3.8) is 0 Å². The number of ether oxygens (including phenoxy) is 1. The Bertz CT molecular complexity index is 578. The van der Waals surface area contributed by atoms with Crippen LogP contribution in [0.1, 0.15) is 24.8 Å². The first kappa shape index (κ1) is 16.1. The largest absolute Gasteiger partial charge is 0.445 e. The smallest absolute Gasteiger partial charge is 0.417 e. The van der Waals surface area contributed by atoms with Gasteiger partial charge in [0.25, 0.3) is 0 Å². The fourth-order valence-electron chi connectivity index (χ4n) is 3.75. The Kier molecular flexibility index (Phi) is 4.00. The molecule has 1 aromatic rings. The zero-order valence-electron chi connectivity index (χ0n) is 12.3. The van der Waals surface area contributed by atoms with E-state index < -0.39 is 23.8 Å². The molecule has 3 rings (SSSR count). The van der Waals surface area contributed by atoms with E-state index >= 15 is 0 Å². The minimum Gasteiger partial charge on any atom is -0.445 e. The van der Waals surface area contributed by atoms with Crippen LogP contribution in [0.5, 0.6) is 0 Å². The number of fused-ring (bicyclic) bond motifs is 2. The molecule has 1 amide bonds. The molecule has 2 aliphatic rings. The highest BCUT2D eigenvalue weighted by Crippen LogP contribution is 2.56. The van der Waals surface area contributed by atoms with E-state index in [9.17, 15) is 23.1 Å². The number of rotatable bonds is 3. The first-order chi connectivity index (χ1) is 10.8. The van der Waals surface area contributed by atoms with Gasteiger partial charge in [-0.25, -0.2) is 4.79 Å². The highest BCUT2D eigenvalue weighted by Gasteiger charge is 2.66. The van der Waals surface area contributed by atoms with E-state index in [0.29, 0.717) is 0 Å². The third-order valence-corrected chi connectivity index (χ3v) is 4.95. The van der Waals surface area contributed by atoms with Gasteiger partial charge in [-0.3, -0.25) is 0 Å². The van der Waals surface area contributed by atoms with E-state index in [0.717, 1.165) is 5.56 Å². The Labute approximate surface area is 131 Å². The van der Waals surface area contributed by atoms with Crippen LogP contribution in [-0.2, 0) is 11.3 Å². The molecule has 0 spiro atoms. The molecule has 0 heterocycles. The number of hydrogen-bond acceptors (Lipinski definition) is 3. The summed E-state index contributed by atoms with van der Waals surface area (Å²) >= 11 is 0. The maximum atomic E-state index is 12.9. The third-order valence-electron chi connectivity index (χ3n) is 4.95. The third kappa shape index (κ3) is 3.02. The molecule has 0 aliphatic heterocycles. The summed E-state index contributed by atoms with van der Waals surface area (Å²) in [5.41, 5.74) is -1.77. The van der Waals surface area contributed by atoms with Crippen LogP contribution in [0, 0.1) is 11.8 Å². The van der Waals surface area contributed by atoms with Crippen LogP contribution in [-0.4, -0.2) is 29.0 Å². The number of halogens is 3. The molecule has 2 bridgehead atoms. The lowest BCUT2D eigenvalue weighted by Gasteiger charge is -2.37. The number of nitrogens with one attached hydrogen (secondary N) is 1. The molecule has 0 aromatic heterocycles. The monoisotopic (exact) mass is 329 g/mol. The summed E-state index contributed by atoms with van der Waals surface area (Å²) in [4.78, 5) is 11.8. The number of aliphatic hydroxyl groups is 1. The van der Waals surface area contributed by atoms with E-state index in [1.165, 1.54) is 0 Å². The van der Waals surface area contributed by atoms with Gasteiger partial charge in [0.2, 0.25) is 0 Å². The summed E-state index contributed by atoms with van der Waals surface area (Å²) in [5, 5.41) is 12.5. The fraction of sp³-hybridized carbons (Fsp3) is 0.562. The molecule has 0 saturated heterocycles. The Balaban J connectivity index is 1.51. The molecule has 1 aromatic carbocycles. The van der Waals surface area contributed by atoms with E-state index in [2.05, 4.69) is 5.32 Å². The standard InChI is InChI=1S/C16H18F3NO3/c17-16(18,19)15(22)8-11-6-12(15)7-13(11)20-14(21)23-9-10-4-2-1-3-5-10/h1-5,11-13,22H,6-9H2,(H,20,21). The summed E-state index contributed by atoms with van der Waals surface area (Å²) in [7, 11) is 0. The van der Waals surface area contributed by atoms with Crippen molar-refractivity contribution in [1.29, 1.82) is 0 Å². The number of alkyl halides is 3. The predicted molar refractivity (Wildman–Crippen MR) is 75.4 cm³/mol. The van der Waals surface area contributed by atoms with Gasteiger partial charge < -0.3 is 15.2 Å². The SMILES string of the molecule is O=C(NC1CC2CC1CC2(O)C(F)(F)F)OCc1ccccc1. The van der Waals surface area contributed by atoms with Gasteiger partial charge in [-0.15, -0.1) is 0 Å². The second kappa shape index (κ2) is 5.70. The van der Waals surface area contributed by atoms with Gasteiger partial charge in [0.1, 0.15) is 6.61 Å². The normalized spacial score (nSPS) is 32.8. The van der Waals surface area contributed by atoms with Crippen LogP contribution < -0.4 is 5.32 Å². The number of alkyl carbamates (subject to hydrolysis) is 1. The molecule has 2 aliphatic carbocycles. The van der Waals surface area contributed by atoms with Crippen molar-refractivity contribution in [3.8, 4) is 0 Å². The van der Waals surface area contributed by atoms with Gasteiger partial charge in [-0.05, 0) is 36.7 Å². The molecule has 2 fully saturated rings. The molecule has 126 valence electrons.